The van der Waals surface area contributed by atoms with Crippen LogP contribution in [-0.4, -0.2) is 28.4 Å². The Bertz CT molecular complexity index is 659. The minimum atomic E-state index is -0.862. The number of hydrogen-bond donors (Lipinski definition) is 2. The quantitative estimate of drug-likeness (QED) is 0.898. The highest BCUT2D eigenvalue weighted by atomic mass is 16.5. The zero-order valence-electron chi connectivity index (χ0n) is 12.1. The van der Waals surface area contributed by atoms with Gasteiger partial charge in [0.25, 0.3) is 0 Å². The van der Waals surface area contributed by atoms with Crippen molar-refractivity contribution in [3.63, 3.8) is 0 Å². The summed E-state index contributed by atoms with van der Waals surface area (Å²) in [6.07, 6.45) is -0.0395. The molecule has 0 aliphatic heterocycles. The number of ether oxygens (including phenoxy) is 1. The van der Waals surface area contributed by atoms with E-state index >= 15 is 0 Å². The van der Waals surface area contributed by atoms with Crippen molar-refractivity contribution in [2.75, 3.05) is 7.11 Å². The second-order valence-electron chi connectivity index (χ2n) is 4.88. The van der Waals surface area contributed by atoms with Gasteiger partial charge in [-0.2, -0.15) is 5.10 Å². The van der Waals surface area contributed by atoms with E-state index in [0.717, 1.165) is 33.7 Å². The smallest absolute Gasteiger partial charge is 0.307 e. The van der Waals surface area contributed by atoms with Crippen LogP contribution in [0, 0.1) is 20.8 Å². The normalized spacial score (nSPS) is 10.6. The average Bonchev–Trinajstić information content (AvgIpc) is 2.73. The molecular formula is C15H18N2O3. The Kier molecular flexibility index (Phi) is 3.79. The van der Waals surface area contributed by atoms with Gasteiger partial charge in [0.1, 0.15) is 5.75 Å². The van der Waals surface area contributed by atoms with Crippen LogP contribution >= 0.6 is 0 Å². The first-order chi connectivity index (χ1) is 9.43. The van der Waals surface area contributed by atoms with Crippen LogP contribution in [0.3, 0.4) is 0 Å². The summed E-state index contributed by atoms with van der Waals surface area (Å²) in [5.41, 5.74) is 5.15. The number of aliphatic carboxylic acids is 1. The van der Waals surface area contributed by atoms with Crippen LogP contribution in [0.25, 0.3) is 11.3 Å². The maximum absolute atomic E-state index is 11.0. The molecule has 0 saturated heterocycles. The molecule has 1 aromatic carbocycles. The first-order valence-corrected chi connectivity index (χ1v) is 6.35. The van der Waals surface area contributed by atoms with Crippen LogP contribution < -0.4 is 4.74 Å². The number of aryl methyl sites for hydroxylation is 3. The molecule has 0 aliphatic carbocycles. The highest BCUT2D eigenvalue weighted by Gasteiger charge is 2.17. The highest BCUT2D eigenvalue weighted by molar-refractivity contribution is 5.77. The second kappa shape index (κ2) is 5.36. The Labute approximate surface area is 117 Å². The Hall–Kier alpha value is -2.30. The summed E-state index contributed by atoms with van der Waals surface area (Å²) in [5.74, 6) is -0.0445. The van der Waals surface area contributed by atoms with E-state index in [1.165, 1.54) is 0 Å². The van der Waals surface area contributed by atoms with Crippen LogP contribution in [-0.2, 0) is 11.2 Å². The van der Waals surface area contributed by atoms with E-state index in [9.17, 15) is 4.79 Å². The van der Waals surface area contributed by atoms with Gasteiger partial charge >= 0.3 is 5.97 Å². The fourth-order valence-corrected chi connectivity index (χ4v) is 2.31. The Morgan fingerprint density at radius 2 is 2.00 bits per heavy atom. The number of carboxylic acids is 1. The van der Waals surface area contributed by atoms with Crippen molar-refractivity contribution in [3.05, 3.63) is 34.5 Å². The Balaban J connectivity index is 2.57. The SMILES string of the molecule is COc1cc(C)c(-c2n[nH]c(C)c2CC(=O)O)cc1C. The van der Waals surface area contributed by atoms with Crippen molar-refractivity contribution in [2.24, 2.45) is 0 Å². The third-order valence-electron chi connectivity index (χ3n) is 3.40. The number of carbonyl (C=O) groups is 1. The van der Waals surface area contributed by atoms with Gasteiger partial charge in [0.2, 0.25) is 0 Å². The first kappa shape index (κ1) is 14.1. The predicted octanol–water partition coefficient (Wildman–Crippen LogP) is 2.64. The van der Waals surface area contributed by atoms with Gasteiger partial charge in [0.05, 0.1) is 19.2 Å². The van der Waals surface area contributed by atoms with Crippen LogP contribution in [0.2, 0.25) is 0 Å². The molecule has 0 atom stereocenters. The lowest BCUT2D eigenvalue weighted by Gasteiger charge is -2.11. The lowest BCUT2D eigenvalue weighted by atomic mass is 9.97. The third-order valence-corrected chi connectivity index (χ3v) is 3.40. The molecule has 0 amide bonds. The molecular weight excluding hydrogens is 256 g/mol. The molecule has 0 saturated carbocycles. The van der Waals surface area contributed by atoms with Gasteiger partial charge < -0.3 is 9.84 Å². The van der Waals surface area contributed by atoms with E-state index < -0.39 is 5.97 Å². The number of aromatic nitrogens is 2. The molecule has 20 heavy (non-hydrogen) atoms. The van der Waals surface area contributed by atoms with Gasteiger partial charge in [-0.15, -0.1) is 0 Å². The maximum atomic E-state index is 11.0. The second-order valence-corrected chi connectivity index (χ2v) is 4.88. The van der Waals surface area contributed by atoms with Gasteiger partial charge in [0.15, 0.2) is 0 Å². The molecule has 0 bridgehead atoms. The summed E-state index contributed by atoms with van der Waals surface area (Å²) in [5, 5.41) is 16.2. The highest BCUT2D eigenvalue weighted by Crippen LogP contribution is 2.32. The maximum Gasteiger partial charge on any atom is 0.307 e. The van der Waals surface area contributed by atoms with E-state index in [1.807, 2.05) is 32.9 Å². The summed E-state index contributed by atoms with van der Waals surface area (Å²) in [7, 11) is 1.63. The molecule has 2 N–H and O–H groups in total. The molecule has 1 aromatic heterocycles. The van der Waals surface area contributed by atoms with Gasteiger partial charge in [0, 0.05) is 16.8 Å². The van der Waals surface area contributed by atoms with Gasteiger partial charge in [-0.3, -0.25) is 9.89 Å². The van der Waals surface area contributed by atoms with Crippen molar-refractivity contribution in [3.8, 4) is 17.0 Å². The number of nitrogens with one attached hydrogen (secondary N) is 1. The van der Waals surface area contributed by atoms with Crippen molar-refractivity contribution >= 4 is 5.97 Å². The number of carboxylic acid groups (broad SMARTS) is 1. The standard InChI is InChI=1S/C15H18N2O3/c1-8-6-13(20-4)9(2)5-11(8)15-12(7-14(18)19)10(3)16-17-15/h5-6H,7H2,1-4H3,(H,16,17)(H,18,19). The summed E-state index contributed by atoms with van der Waals surface area (Å²) in [6.45, 7) is 5.75. The fraction of sp³-hybridized carbons (Fsp3) is 0.333. The third kappa shape index (κ3) is 2.52. The Morgan fingerprint density at radius 1 is 1.30 bits per heavy atom. The lowest BCUT2D eigenvalue weighted by molar-refractivity contribution is -0.136. The fourth-order valence-electron chi connectivity index (χ4n) is 2.31. The number of benzene rings is 1. The van der Waals surface area contributed by atoms with Crippen molar-refractivity contribution in [2.45, 2.75) is 27.2 Å². The molecule has 0 radical (unpaired) electrons. The van der Waals surface area contributed by atoms with E-state index in [2.05, 4.69) is 10.2 Å². The molecule has 0 aliphatic rings. The number of nitrogens with zero attached hydrogens (tertiary/aromatic N) is 1. The first-order valence-electron chi connectivity index (χ1n) is 6.35. The predicted molar refractivity (Wildman–Crippen MR) is 76.1 cm³/mol. The molecule has 5 heteroatoms. The van der Waals surface area contributed by atoms with Crippen LogP contribution in [0.1, 0.15) is 22.4 Å². The largest absolute Gasteiger partial charge is 0.496 e. The Morgan fingerprint density at radius 3 is 2.60 bits per heavy atom. The molecule has 0 spiro atoms. The van der Waals surface area contributed by atoms with E-state index in [4.69, 9.17) is 9.84 Å². The summed E-state index contributed by atoms with van der Waals surface area (Å²) >= 11 is 0. The number of aromatic amines is 1. The summed E-state index contributed by atoms with van der Waals surface area (Å²) < 4.78 is 5.29. The van der Waals surface area contributed by atoms with Crippen molar-refractivity contribution < 1.29 is 14.6 Å². The van der Waals surface area contributed by atoms with Gasteiger partial charge in [-0.05, 0) is 44.0 Å². The minimum absolute atomic E-state index is 0.0395. The molecule has 5 nitrogen and oxygen atoms in total. The van der Waals surface area contributed by atoms with Crippen molar-refractivity contribution in [1.82, 2.24) is 10.2 Å². The molecule has 2 rings (SSSR count). The van der Waals surface area contributed by atoms with Crippen LogP contribution in [0.5, 0.6) is 5.75 Å². The van der Waals surface area contributed by atoms with Crippen LogP contribution in [0.4, 0.5) is 0 Å². The van der Waals surface area contributed by atoms with Crippen molar-refractivity contribution in [1.29, 1.82) is 0 Å². The topological polar surface area (TPSA) is 75.2 Å². The number of hydrogen-bond acceptors (Lipinski definition) is 3. The minimum Gasteiger partial charge on any atom is -0.496 e. The number of rotatable bonds is 4. The monoisotopic (exact) mass is 274 g/mol. The van der Waals surface area contributed by atoms with E-state index in [0.29, 0.717) is 5.69 Å². The molecule has 0 unspecified atom stereocenters. The van der Waals surface area contributed by atoms with Gasteiger partial charge in [-0.25, -0.2) is 0 Å². The molecule has 106 valence electrons. The van der Waals surface area contributed by atoms with Gasteiger partial charge in [-0.1, -0.05) is 0 Å². The number of H-pyrrole nitrogens is 1. The molecule has 1 heterocycles. The van der Waals surface area contributed by atoms with E-state index in [1.54, 1.807) is 7.11 Å². The number of methoxy groups -OCH3 is 1. The zero-order valence-corrected chi connectivity index (χ0v) is 12.1. The molecule has 2 aromatic rings. The van der Waals surface area contributed by atoms with E-state index in [-0.39, 0.29) is 6.42 Å². The summed E-state index contributed by atoms with van der Waals surface area (Å²) in [4.78, 5) is 11.0. The lowest BCUT2D eigenvalue weighted by Crippen LogP contribution is -2.02. The molecule has 0 fully saturated rings. The van der Waals surface area contributed by atoms with Crippen LogP contribution in [0.15, 0.2) is 12.1 Å². The summed E-state index contributed by atoms with van der Waals surface area (Å²) in [6, 6.07) is 3.92. The average molecular weight is 274 g/mol. The zero-order chi connectivity index (χ0) is 14.9.